The third-order valence-electron chi connectivity index (χ3n) is 1.96. The topological polar surface area (TPSA) is 90.0 Å². The highest BCUT2D eigenvalue weighted by molar-refractivity contribution is 7.86. The summed E-state index contributed by atoms with van der Waals surface area (Å²) in [5, 5.41) is 0. The van der Waals surface area contributed by atoms with Crippen LogP contribution in [0.3, 0.4) is 0 Å². The lowest BCUT2D eigenvalue weighted by molar-refractivity contribution is 0.245. The van der Waals surface area contributed by atoms with Gasteiger partial charge in [-0.1, -0.05) is 0 Å². The van der Waals surface area contributed by atoms with Gasteiger partial charge in [0.1, 0.15) is 0 Å². The Morgan fingerprint density at radius 3 is 1.44 bits per heavy atom. The van der Waals surface area contributed by atoms with Crippen LogP contribution in [-0.2, 0) is 28.6 Å². The fourth-order valence-corrected chi connectivity index (χ4v) is 2.04. The van der Waals surface area contributed by atoms with E-state index in [-0.39, 0.29) is 13.2 Å². The molecule has 9 heteroatoms. The number of rotatable bonds is 10. The average Bonchev–Trinajstić information content (AvgIpc) is 2.17. The first-order chi connectivity index (χ1) is 8.10. The van der Waals surface area contributed by atoms with E-state index < -0.39 is 20.2 Å². The molecule has 0 aromatic carbocycles. The van der Waals surface area contributed by atoms with Crippen molar-refractivity contribution < 1.29 is 25.2 Å². The molecule has 0 unspecified atom stereocenters. The van der Waals surface area contributed by atoms with Gasteiger partial charge in [0.2, 0.25) is 0 Å². The predicted octanol–water partition coefficient (Wildman–Crippen LogP) is -0.349. The quantitative estimate of drug-likeness (QED) is 0.402. The van der Waals surface area contributed by atoms with Gasteiger partial charge in [-0.25, -0.2) is 0 Å². The molecule has 0 N–H and O–H groups in total. The first kappa shape index (κ1) is 17.8. The third kappa shape index (κ3) is 13.8. The summed E-state index contributed by atoms with van der Waals surface area (Å²) in [6.07, 6.45) is 3.21. The predicted molar refractivity (Wildman–Crippen MR) is 68.3 cm³/mol. The zero-order valence-corrected chi connectivity index (χ0v) is 12.6. The Morgan fingerprint density at radius 2 is 1.17 bits per heavy atom. The second-order valence-corrected chi connectivity index (χ2v) is 7.35. The largest absolute Gasteiger partial charge is 0.306 e. The van der Waals surface area contributed by atoms with Crippen LogP contribution in [0, 0.1) is 0 Å². The molecule has 0 aliphatic heterocycles. The normalized spacial score (nSPS) is 13.1. The molecule has 0 aliphatic rings. The molecule has 0 rings (SSSR count). The molecule has 0 radical (unpaired) electrons. The molecular formula is C9H21NO6S2. The van der Waals surface area contributed by atoms with E-state index in [2.05, 4.69) is 8.37 Å². The van der Waals surface area contributed by atoms with E-state index in [9.17, 15) is 16.8 Å². The van der Waals surface area contributed by atoms with Crippen LogP contribution in [0.2, 0.25) is 0 Å². The van der Waals surface area contributed by atoms with Gasteiger partial charge in [-0.2, -0.15) is 16.8 Å². The van der Waals surface area contributed by atoms with Crippen LogP contribution in [-0.4, -0.2) is 67.6 Å². The molecule has 0 fully saturated rings. The van der Waals surface area contributed by atoms with E-state index in [0.29, 0.717) is 25.9 Å². The van der Waals surface area contributed by atoms with Crippen LogP contribution in [0.4, 0.5) is 0 Å². The van der Waals surface area contributed by atoms with Crippen LogP contribution in [0.1, 0.15) is 12.8 Å². The highest BCUT2D eigenvalue weighted by Gasteiger charge is 2.04. The van der Waals surface area contributed by atoms with E-state index in [1.165, 1.54) is 0 Å². The van der Waals surface area contributed by atoms with Crippen molar-refractivity contribution >= 4 is 20.2 Å². The molecule has 0 spiro atoms. The molecule has 18 heavy (non-hydrogen) atoms. The molecule has 110 valence electrons. The summed E-state index contributed by atoms with van der Waals surface area (Å²) in [7, 11) is -4.87. The second kappa shape index (κ2) is 8.05. The first-order valence-electron chi connectivity index (χ1n) is 5.47. The molecule has 0 heterocycles. The van der Waals surface area contributed by atoms with Gasteiger partial charge in [0.25, 0.3) is 20.2 Å². The molecule has 0 atom stereocenters. The molecule has 0 saturated heterocycles. The first-order valence-corrected chi connectivity index (χ1v) is 9.11. The van der Waals surface area contributed by atoms with E-state index >= 15 is 0 Å². The molecule has 0 aromatic heterocycles. The summed E-state index contributed by atoms with van der Waals surface area (Å²) in [5.74, 6) is 0. The maximum atomic E-state index is 10.7. The Hall–Kier alpha value is -0.220. The SMILES string of the molecule is CN(CCCOS(C)(=O)=O)CCCOS(C)(=O)=O. The van der Waals surface area contributed by atoms with Gasteiger partial charge in [0.15, 0.2) is 0 Å². The monoisotopic (exact) mass is 303 g/mol. The van der Waals surface area contributed by atoms with Crippen molar-refractivity contribution in [1.82, 2.24) is 4.90 Å². The maximum absolute atomic E-state index is 10.7. The molecule has 0 bridgehead atoms. The van der Waals surface area contributed by atoms with Gasteiger partial charge >= 0.3 is 0 Å². The van der Waals surface area contributed by atoms with E-state index in [1.54, 1.807) is 0 Å². The summed E-state index contributed by atoms with van der Waals surface area (Å²) < 4.78 is 51.9. The van der Waals surface area contributed by atoms with Crippen molar-refractivity contribution in [3.63, 3.8) is 0 Å². The highest BCUT2D eigenvalue weighted by Crippen LogP contribution is 1.96. The van der Waals surface area contributed by atoms with Crippen molar-refractivity contribution in [1.29, 1.82) is 0 Å². The summed E-state index contributed by atoms with van der Waals surface area (Å²) in [6, 6.07) is 0. The van der Waals surface area contributed by atoms with Crippen molar-refractivity contribution in [2.24, 2.45) is 0 Å². The van der Waals surface area contributed by atoms with Crippen LogP contribution in [0.25, 0.3) is 0 Å². The van der Waals surface area contributed by atoms with Crippen molar-refractivity contribution in [3.05, 3.63) is 0 Å². The highest BCUT2D eigenvalue weighted by atomic mass is 32.2. The summed E-state index contributed by atoms with van der Waals surface area (Å²) in [4.78, 5) is 1.96. The van der Waals surface area contributed by atoms with Crippen LogP contribution < -0.4 is 0 Å². The zero-order chi connectivity index (χ0) is 14.2. The standard InChI is InChI=1S/C9H21NO6S2/c1-10(6-4-8-15-17(2,11)12)7-5-9-16-18(3,13)14/h4-9H2,1-3H3. The lowest BCUT2D eigenvalue weighted by atomic mass is 10.3. The number of hydrogen-bond acceptors (Lipinski definition) is 7. The van der Waals surface area contributed by atoms with Crippen molar-refractivity contribution in [3.8, 4) is 0 Å². The summed E-state index contributed by atoms with van der Waals surface area (Å²) in [6.45, 7) is 1.66. The Balaban J connectivity index is 3.52. The Kier molecular flexibility index (Phi) is 7.95. The summed E-state index contributed by atoms with van der Waals surface area (Å²) >= 11 is 0. The van der Waals surface area contributed by atoms with Gasteiger partial charge in [-0.3, -0.25) is 8.37 Å². The van der Waals surface area contributed by atoms with Gasteiger partial charge in [0, 0.05) is 13.1 Å². The van der Waals surface area contributed by atoms with Gasteiger partial charge in [0.05, 0.1) is 25.7 Å². The molecule has 7 nitrogen and oxygen atoms in total. The van der Waals surface area contributed by atoms with Gasteiger partial charge in [-0.15, -0.1) is 0 Å². The van der Waals surface area contributed by atoms with E-state index in [1.807, 2.05) is 11.9 Å². The average molecular weight is 303 g/mol. The number of hydrogen-bond donors (Lipinski definition) is 0. The molecule has 0 aromatic rings. The van der Waals surface area contributed by atoms with Crippen LogP contribution in [0.15, 0.2) is 0 Å². The van der Waals surface area contributed by atoms with Crippen LogP contribution in [0.5, 0.6) is 0 Å². The maximum Gasteiger partial charge on any atom is 0.264 e. The Bertz CT molecular complexity index is 376. The minimum atomic E-state index is -3.36. The minimum Gasteiger partial charge on any atom is -0.306 e. The molecule has 0 saturated carbocycles. The van der Waals surface area contributed by atoms with E-state index in [4.69, 9.17) is 0 Å². The van der Waals surface area contributed by atoms with Crippen molar-refractivity contribution in [2.75, 3.05) is 45.9 Å². The molecule has 0 amide bonds. The fraction of sp³-hybridized carbons (Fsp3) is 1.00. The lowest BCUT2D eigenvalue weighted by Gasteiger charge is -2.15. The van der Waals surface area contributed by atoms with Gasteiger partial charge < -0.3 is 4.90 Å². The minimum absolute atomic E-state index is 0.156. The van der Waals surface area contributed by atoms with E-state index in [0.717, 1.165) is 12.5 Å². The summed E-state index contributed by atoms with van der Waals surface area (Å²) in [5.41, 5.74) is 0. The second-order valence-electron chi connectivity index (χ2n) is 4.06. The number of nitrogens with zero attached hydrogens (tertiary/aromatic N) is 1. The third-order valence-corrected chi connectivity index (χ3v) is 3.15. The molecular weight excluding hydrogens is 282 g/mol. The zero-order valence-electron chi connectivity index (χ0n) is 11.0. The van der Waals surface area contributed by atoms with Crippen molar-refractivity contribution in [2.45, 2.75) is 12.8 Å². The Labute approximate surface area is 109 Å². The lowest BCUT2D eigenvalue weighted by Crippen LogP contribution is -2.23. The smallest absolute Gasteiger partial charge is 0.264 e. The van der Waals surface area contributed by atoms with Crippen LogP contribution >= 0.6 is 0 Å². The van der Waals surface area contributed by atoms with Gasteiger partial charge in [-0.05, 0) is 19.9 Å². The Morgan fingerprint density at radius 1 is 0.833 bits per heavy atom. The molecule has 0 aliphatic carbocycles. The fourth-order valence-electron chi connectivity index (χ4n) is 1.20.